The van der Waals surface area contributed by atoms with E-state index in [-0.39, 0.29) is 18.7 Å². The van der Waals surface area contributed by atoms with E-state index in [1.807, 2.05) is 0 Å². The minimum absolute atomic E-state index is 0.142. The highest BCUT2D eigenvalue weighted by molar-refractivity contribution is 5.71. The molecule has 0 bridgehead atoms. The number of rotatable bonds is 15. The molecule has 136 valence electrons. The average molecular weight is 327 g/mol. The molecule has 0 spiro atoms. The van der Waals surface area contributed by atoms with Gasteiger partial charge in [0.15, 0.2) is 0 Å². The molecule has 0 aromatic heterocycles. The summed E-state index contributed by atoms with van der Waals surface area (Å²) < 4.78 is 10.4. The number of carbonyl (C=O) groups excluding carboxylic acids is 1. The van der Waals surface area contributed by atoms with Gasteiger partial charge in [-0.15, -0.1) is 0 Å². The second kappa shape index (κ2) is 15.0. The predicted octanol–water partition coefficient (Wildman–Crippen LogP) is 5.80. The van der Waals surface area contributed by atoms with Crippen molar-refractivity contribution in [3.8, 4) is 0 Å². The minimum atomic E-state index is -0.220. The second-order valence-corrected chi connectivity index (χ2v) is 7.00. The Labute approximate surface area is 143 Å². The molecule has 1 unspecified atom stereocenters. The van der Waals surface area contributed by atoms with E-state index in [0.29, 0.717) is 6.61 Å². The van der Waals surface area contributed by atoms with Crippen LogP contribution in [-0.4, -0.2) is 25.3 Å². The van der Waals surface area contributed by atoms with E-state index in [0.717, 1.165) is 6.42 Å². The molecule has 0 N–H and O–H groups in total. The van der Waals surface area contributed by atoms with Crippen LogP contribution in [0.3, 0.4) is 0 Å². The molecule has 0 radical (unpaired) electrons. The molecule has 0 saturated carbocycles. The summed E-state index contributed by atoms with van der Waals surface area (Å²) in [4.78, 5) is 10.9. The molecule has 1 atom stereocenters. The van der Waals surface area contributed by atoms with Crippen LogP contribution < -0.4 is 0 Å². The number of esters is 1. The molecule has 3 heteroatoms. The topological polar surface area (TPSA) is 35.5 Å². The maximum atomic E-state index is 10.9. The fourth-order valence-electron chi connectivity index (χ4n) is 3.19. The summed E-state index contributed by atoms with van der Waals surface area (Å²) in [5.74, 6) is -0.220. The Morgan fingerprint density at radius 2 is 1.26 bits per heavy atom. The van der Waals surface area contributed by atoms with Gasteiger partial charge in [-0.05, 0) is 6.42 Å². The van der Waals surface area contributed by atoms with Crippen molar-refractivity contribution in [1.82, 2.24) is 0 Å². The fraction of sp³-hybridized carbons (Fsp3) is 0.950. The number of hydrogen-bond donors (Lipinski definition) is 0. The molecule has 1 rings (SSSR count). The van der Waals surface area contributed by atoms with E-state index in [1.54, 1.807) is 0 Å². The first-order valence-corrected chi connectivity index (χ1v) is 10.1. The predicted molar refractivity (Wildman–Crippen MR) is 95.6 cm³/mol. The first-order valence-electron chi connectivity index (χ1n) is 10.1. The molecule has 3 nitrogen and oxygen atoms in total. The van der Waals surface area contributed by atoms with E-state index in [2.05, 4.69) is 6.92 Å². The molecule has 1 aliphatic heterocycles. The SMILES string of the molecule is CCCCCCCCCCCCCCCCC1COC(=O)CO1. The molecular formula is C20H38O3. The van der Waals surface area contributed by atoms with Crippen LogP contribution >= 0.6 is 0 Å². The summed E-state index contributed by atoms with van der Waals surface area (Å²) in [6.07, 6.45) is 20.6. The zero-order valence-electron chi connectivity index (χ0n) is 15.3. The maximum absolute atomic E-state index is 10.9. The average Bonchev–Trinajstić information content (AvgIpc) is 2.57. The number of hydrogen-bond acceptors (Lipinski definition) is 3. The first-order chi connectivity index (χ1) is 11.3. The number of carbonyl (C=O) groups is 1. The van der Waals surface area contributed by atoms with E-state index >= 15 is 0 Å². The number of unbranched alkanes of at least 4 members (excludes halogenated alkanes) is 13. The Balaban J connectivity index is 1.71. The molecular weight excluding hydrogens is 288 g/mol. The Bertz CT molecular complexity index is 268. The number of cyclic esters (lactones) is 1. The van der Waals surface area contributed by atoms with Gasteiger partial charge in [0.2, 0.25) is 0 Å². The summed E-state index contributed by atoms with van der Waals surface area (Å²) in [5, 5.41) is 0. The van der Waals surface area contributed by atoms with Gasteiger partial charge in [0, 0.05) is 0 Å². The van der Waals surface area contributed by atoms with Gasteiger partial charge < -0.3 is 9.47 Å². The van der Waals surface area contributed by atoms with Crippen LogP contribution in [0.2, 0.25) is 0 Å². The van der Waals surface area contributed by atoms with E-state index in [1.165, 1.54) is 89.9 Å². The fourth-order valence-corrected chi connectivity index (χ4v) is 3.19. The van der Waals surface area contributed by atoms with Gasteiger partial charge in [-0.25, -0.2) is 4.79 Å². The lowest BCUT2D eigenvalue weighted by atomic mass is 10.0. The summed E-state index contributed by atoms with van der Waals surface area (Å²) >= 11 is 0. The van der Waals surface area contributed by atoms with Crippen molar-refractivity contribution in [2.75, 3.05) is 13.2 Å². The van der Waals surface area contributed by atoms with Crippen LogP contribution in [0.5, 0.6) is 0 Å². The van der Waals surface area contributed by atoms with E-state index in [9.17, 15) is 4.79 Å². The number of ether oxygens (including phenoxy) is 2. The highest BCUT2D eigenvalue weighted by atomic mass is 16.6. The Kier molecular flexibility index (Phi) is 13.3. The van der Waals surface area contributed by atoms with Crippen molar-refractivity contribution in [3.05, 3.63) is 0 Å². The molecule has 0 aromatic rings. The van der Waals surface area contributed by atoms with Crippen molar-refractivity contribution < 1.29 is 14.3 Å². The van der Waals surface area contributed by atoms with Crippen molar-refractivity contribution in [2.45, 2.75) is 109 Å². The highest BCUT2D eigenvalue weighted by Crippen LogP contribution is 2.15. The monoisotopic (exact) mass is 326 g/mol. The van der Waals surface area contributed by atoms with Gasteiger partial charge in [-0.1, -0.05) is 96.8 Å². The normalized spacial score (nSPS) is 18.1. The van der Waals surface area contributed by atoms with Crippen LogP contribution in [0.15, 0.2) is 0 Å². The van der Waals surface area contributed by atoms with Crippen LogP contribution in [0.25, 0.3) is 0 Å². The molecule has 0 aliphatic carbocycles. The third-order valence-corrected chi connectivity index (χ3v) is 4.75. The third-order valence-electron chi connectivity index (χ3n) is 4.75. The lowest BCUT2D eigenvalue weighted by molar-refractivity contribution is -0.168. The third kappa shape index (κ3) is 12.5. The van der Waals surface area contributed by atoms with Crippen LogP contribution in [0, 0.1) is 0 Å². The molecule has 1 heterocycles. The molecule has 0 aromatic carbocycles. The summed E-state index contributed by atoms with van der Waals surface area (Å²) in [7, 11) is 0. The van der Waals surface area contributed by atoms with Crippen molar-refractivity contribution in [1.29, 1.82) is 0 Å². The van der Waals surface area contributed by atoms with Gasteiger partial charge in [0.1, 0.15) is 13.2 Å². The van der Waals surface area contributed by atoms with E-state index < -0.39 is 0 Å². The smallest absolute Gasteiger partial charge is 0.332 e. The van der Waals surface area contributed by atoms with Gasteiger partial charge >= 0.3 is 5.97 Å². The zero-order chi connectivity index (χ0) is 16.6. The van der Waals surface area contributed by atoms with Gasteiger partial charge in [-0.3, -0.25) is 0 Å². The van der Waals surface area contributed by atoms with Crippen LogP contribution in [0.1, 0.15) is 103 Å². The molecule has 0 amide bonds. The summed E-state index contributed by atoms with van der Waals surface area (Å²) in [6, 6.07) is 0. The molecule has 23 heavy (non-hydrogen) atoms. The van der Waals surface area contributed by atoms with Gasteiger partial charge in [0.25, 0.3) is 0 Å². The first kappa shape index (κ1) is 20.5. The Morgan fingerprint density at radius 3 is 1.70 bits per heavy atom. The van der Waals surface area contributed by atoms with Crippen molar-refractivity contribution in [3.63, 3.8) is 0 Å². The Hall–Kier alpha value is -0.570. The molecule has 1 saturated heterocycles. The van der Waals surface area contributed by atoms with Crippen molar-refractivity contribution >= 4 is 5.97 Å². The standard InChI is InChI=1S/C20H38O3/c1-2-3-4-5-6-7-8-9-10-11-12-13-14-15-16-19-17-23-20(21)18-22-19/h19H,2-18H2,1H3. The highest BCUT2D eigenvalue weighted by Gasteiger charge is 2.19. The van der Waals surface area contributed by atoms with E-state index in [4.69, 9.17) is 9.47 Å². The maximum Gasteiger partial charge on any atom is 0.332 e. The zero-order valence-corrected chi connectivity index (χ0v) is 15.3. The van der Waals surface area contributed by atoms with Gasteiger partial charge in [0.05, 0.1) is 6.10 Å². The lowest BCUT2D eigenvalue weighted by Crippen LogP contribution is -2.32. The lowest BCUT2D eigenvalue weighted by Gasteiger charge is -2.22. The molecule has 1 fully saturated rings. The summed E-state index contributed by atoms with van der Waals surface area (Å²) in [5.41, 5.74) is 0. The quantitative estimate of drug-likeness (QED) is 0.282. The largest absolute Gasteiger partial charge is 0.461 e. The van der Waals surface area contributed by atoms with Crippen LogP contribution in [0.4, 0.5) is 0 Å². The minimum Gasteiger partial charge on any atom is -0.461 e. The summed E-state index contributed by atoms with van der Waals surface area (Å²) in [6.45, 7) is 2.88. The Morgan fingerprint density at radius 1 is 0.783 bits per heavy atom. The van der Waals surface area contributed by atoms with Gasteiger partial charge in [-0.2, -0.15) is 0 Å². The van der Waals surface area contributed by atoms with Crippen molar-refractivity contribution in [2.24, 2.45) is 0 Å². The van der Waals surface area contributed by atoms with Crippen LogP contribution in [-0.2, 0) is 14.3 Å². The molecule has 1 aliphatic rings. The second-order valence-electron chi connectivity index (χ2n) is 7.00.